The van der Waals surface area contributed by atoms with Crippen LogP contribution < -0.4 is 5.32 Å². The molecule has 10 heteroatoms. The third-order valence-corrected chi connectivity index (χ3v) is 4.49. The molecule has 1 aliphatic carbocycles. The number of carbonyl (C=O) groups is 1. The molecule has 1 aliphatic rings. The molecule has 1 amide bonds. The molecule has 1 N–H and O–H groups in total. The zero-order valence-electron chi connectivity index (χ0n) is 14.7. The molecule has 5 nitrogen and oxygen atoms in total. The predicted octanol–water partition coefficient (Wildman–Crippen LogP) is 4.69. The third-order valence-electron chi connectivity index (χ3n) is 4.49. The number of halogens is 5. The van der Waals surface area contributed by atoms with Gasteiger partial charge in [-0.25, -0.2) is 13.5 Å². The molecule has 1 aromatic carbocycles. The molecule has 0 saturated heterocycles. The van der Waals surface area contributed by atoms with Gasteiger partial charge in [0.1, 0.15) is 5.69 Å². The molecule has 4 rings (SSSR count). The average Bonchev–Trinajstić information content (AvgIpc) is 3.43. The maximum Gasteiger partial charge on any atom is 0.435 e. The van der Waals surface area contributed by atoms with Crippen molar-refractivity contribution in [3.63, 3.8) is 0 Å². The van der Waals surface area contributed by atoms with E-state index in [1.807, 2.05) is 0 Å². The number of rotatable bonds is 4. The van der Waals surface area contributed by atoms with Crippen molar-refractivity contribution in [2.24, 2.45) is 0 Å². The van der Waals surface area contributed by atoms with Crippen molar-refractivity contribution in [1.29, 1.82) is 0 Å². The van der Waals surface area contributed by atoms with Crippen molar-refractivity contribution in [3.05, 3.63) is 71.3 Å². The van der Waals surface area contributed by atoms with Gasteiger partial charge in [-0.15, -0.1) is 0 Å². The number of aromatic nitrogens is 3. The van der Waals surface area contributed by atoms with Crippen LogP contribution in [0.25, 0.3) is 5.69 Å². The fraction of sp³-hybridized carbons (Fsp3) is 0.211. The summed E-state index contributed by atoms with van der Waals surface area (Å²) in [5.74, 6) is -3.62. The number of nitrogens with one attached hydrogen (secondary N) is 1. The fourth-order valence-electron chi connectivity index (χ4n) is 2.92. The molecule has 3 aromatic rings. The largest absolute Gasteiger partial charge is 0.435 e. The lowest BCUT2D eigenvalue weighted by molar-refractivity contribution is -0.141. The Hall–Kier alpha value is -3.30. The molecule has 1 saturated carbocycles. The van der Waals surface area contributed by atoms with Crippen LogP contribution in [-0.4, -0.2) is 20.7 Å². The minimum Gasteiger partial charge on any atom is -0.318 e. The summed E-state index contributed by atoms with van der Waals surface area (Å²) in [6.07, 6.45) is -0.743. The van der Waals surface area contributed by atoms with Crippen LogP contribution in [0.2, 0.25) is 0 Å². The summed E-state index contributed by atoms with van der Waals surface area (Å²) in [6, 6.07) is 5.63. The lowest BCUT2D eigenvalue weighted by Gasteiger charge is -2.15. The van der Waals surface area contributed by atoms with E-state index >= 15 is 0 Å². The van der Waals surface area contributed by atoms with Gasteiger partial charge in [-0.3, -0.25) is 9.78 Å². The van der Waals surface area contributed by atoms with E-state index in [1.54, 1.807) is 0 Å². The van der Waals surface area contributed by atoms with E-state index in [0.29, 0.717) is 12.8 Å². The van der Waals surface area contributed by atoms with E-state index in [0.717, 1.165) is 22.9 Å². The minimum absolute atomic E-state index is 0.0703. The van der Waals surface area contributed by atoms with Crippen molar-refractivity contribution in [1.82, 2.24) is 14.8 Å². The zero-order chi connectivity index (χ0) is 20.8. The first-order valence-electron chi connectivity index (χ1n) is 8.62. The van der Waals surface area contributed by atoms with Crippen molar-refractivity contribution < 1.29 is 26.7 Å². The Labute approximate surface area is 161 Å². The first-order chi connectivity index (χ1) is 13.8. The first kappa shape index (κ1) is 19.0. The summed E-state index contributed by atoms with van der Waals surface area (Å²) in [6.45, 7) is 0. The zero-order valence-corrected chi connectivity index (χ0v) is 14.7. The molecule has 0 bridgehead atoms. The van der Waals surface area contributed by atoms with Crippen molar-refractivity contribution in [2.45, 2.75) is 24.9 Å². The van der Waals surface area contributed by atoms with Gasteiger partial charge >= 0.3 is 6.18 Å². The Bertz CT molecular complexity index is 1070. The number of amides is 1. The molecule has 29 heavy (non-hydrogen) atoms. The molecule has 150 valence electrons. The topological polar surface area (TPSA) is 59.8 Å². The molecule has 0 spiro atoms. The maximum atomic E-state index is 14.5. The summed E-state index contributed by atoms with van der Waals surface area (Å²) in [4.78, 5) is 16.2. The molecule has 0 aliphatic heterocycles. The fourth-order valence-corrected chi connectivity index (χ4v) is 2.92. The number of carbonyl (C=O) groups excluding carboxylic acids is 1. The van der Waals surface area contributed by atoms with Crippen molar-refractivity contribution >= 4 is 11.6 Å². The molecular weight excluding hydrogens is 395 g/mol. The maximum absolute atomic E-state index is 14.5. The second-order valence-electron chi connectivity index (χ2n) is 6.59. The number of nitrogens with zero attached hydrogens (tertiary/aromatic N) is 3. The molecule has 2 heterocycles. The normalized spacial score (nSPS) is 14.1. The van der Waals surface area contributed by atoms with Crippen LogP contribution in [-0.2, 0) is 6.18 Å². The first-order valence-corrected chi connectivity index (χ1v) is 8.62. The Kier molecular flexibility index (Phi) is 4.56. The standard InChI is InChI=1S/C19H13F5N4O/c20-12-5-6-13(17(16(12)21)26-18(29)11-2-1-7-25-9-11)28-14(10-3-4-10)8-15(27-28)19(22,23)24/h1-2,5-10H,3-4H2,(H,26,29). The average molecular weight is 408 g/mol. The second-order valence-corrected chi connectivity index (χ2v) is 6.59. The van der Waals surface area contributed by atoms with Gasteiger partial charge in [0.2, 0.25) is 0 Å². The smallest absolute Gasteiger partial charge is 0.318 e. The Morgan fingerprint density at radius 2 is 1.93 bits per heavy atom. The van der Waals surface area contributed by atoms with E-state index in [2.05, 4.69) is 15.4 Å². The highest BCUT2D eigenvalue weighted by molar-refractivity contribution is 6.05. The quantitative estimate of drug-likeness (QED) is 0.637. The minimum atomic E-state index is -4.70. The third kappa shape index (κ3) is 3.69. The Morgan fingerprint density at radius 1 is 1.17 bits per heavy atom. The van der Waals surface area contributed by atoms with Crippen LogP contribution in [0.5, 0.6) is 0 Å². The Morgan fingerprint density at radius 3 is 2.55 bits per heavy atom. The van der Waals surface area contributed by atoms with Crippen LogP contribution in [0.4, 0.5) is 27.6 Å². The lowest BCUT2D eigenvalue weighted by Crippen LogP contribution is -2.17. The molecule has 2 aromatic heterocycles. The second kappa shape index (κ2) is 6.94. The summed E-state index contributed by atoms with van der Waals surface area (Å²) >= 11 is 0. The van der Waals surface area contributed by atoms with Gasteiger partial charge in [-0.2, -0.15) is 18.3 Å². The van der Waals surface area contributed by atoms with Crippen LogP contribution in [0.15, 0.2) is 42.7 Å². The molecular formula is C19H13F5N4O. The van der Waals surface area contributed by atoms with Gasteiger partial charge < -0.3 is 5.32 Å². The van der Waals surface area contributed by atoms with Crippen LogP contribution in [0, 0.1) is 11.6 Å². The summed E-state index contributed by atoms with van der Waals surface area (Å²) in [5, 5.41) is 5.80. The van der Waals surface area contributed by atoms with E-state index in [4.69, 9.17) is 0 Å². The SMILES string of the molecule is O=C(Nc1c(-n2nc(C(F)(F)F)cc2C2CC2)ccc(F)c1F)c1cccnc1. The van der Waals surface area contributed by atoms with Crippen LogP contribution in [0.3, 0.4) is 0 Å². The Balaban J connectivity index is 1.82. The number of alkyl halides is 3. The molecule has 0 atom stereocenters. The monoisotopic (exact) mass is 408 g/mol. The number of anilines is 1. The summed E-state index contributed by atoms with van der Waals surface area (Å²) in [5.41, 5.74) is -1.65. The van der Waals surface area contributed by atoms with Crippen molar-refractivity contribution in [3.8, 4) is 5.69 Å². The van der Waals surface area contributed by atoms with Gasteiger partial charge in [0, 0.05) is 24.0 Å². The van der Waals surface area contributed by atoms with Gasteiger partial charge in [0.15, 0.2) is 17.3 Å². The number of pyridine rings is 1. The summed E-state index contributed by atoms with van der Waals surface area (Å²) < 4.78 is 68.8. The molecule has 0 unspecified atom stereocenters. The molecule has 1 fully saturated rings. The van der Waals surface area contributed by atoms with E-state index in [-0.39, 0.29) is 22.9 Å². The van der Waals surface area contributed by atoms with Crippen molar-refractivity contribution in [2.75, 3.05) is 5.32 Å². The van der Waals surface area contributed by atoms with E-state index in [9.17, 15) is 26.7 Å². The van der Waals surface area contributed by atoms with Crippen LogP contribution >= 0.6 is 0 Å². The van der Waals surface area contributed by atoms with E-state index in [1.165, 1.54) is 24.5 Å². The van der Waals surface area contributed by atoms with Gasteiger partial charge in [0.05, 0.1) is 11.3 Å². The lowest BCUT2D eigenvalue weighted by atomic mass is 10.2. The molecule has 0 radical (unpaired) electrons. The number of hydrogen-bond acceptors (Lipinski definition) is 3. The van der Waals surface area contributed by atoms with E-state index < -0.39 is 35.1 Å². The predicted molar refractivity (Wildman–Crippen MR) is 92.6 cm³/mol. The van der Waals surface area contributed by atoms with Crippen LogP contribution in [0.1, 0.15) is 40.5 Å². The van der Waals surface area contributed by atoms with Gasteiger partial charge in [-0.05, 0) is 43.2 Å². The highest BCUT2D eigenvalue weighted by Crippen LogP contribution is 2.43. The van der Waals surface area contributed by atoms with Gasteiger partial charge in [-0.1, -0.05) is 0 Å². The van der Waals surface area contributed by atoms with Gasteiger partial charge in [0.25, 0.3) is 5.91 Å². The number of benzene rings is 1. The highest BCUT2D eigenvalue weighted by atomic mass is 19.4. The number of hydrogen-bond donors (Lipinski definition) is 1. The highest BCUT2D eigenvalue weighted by Gasteiger charge is 2.38. The summed E-state index contributed by atoms with van der Waals surface area (Å²) in [7, 11) is 0.